The molecule has 0 bridgehead atoms. The Kier molecular flexibility index (Phi) is 46.2. The molecule has 0 aromatic rings. The van der Waals surface area contributed by atoms with E-state index in [4.69, 9.17) is 23.3 Å². The average Bonchev–Trinajstić information content (AvgIpc) is 2.25. The summed E-state index contributed by atoms with van der Waals surface area (Å²) in [5, 5.41) is 0. The molecule has 0 aromatic carbocycles. The van der Waals surface area contributed by atoms with Crippen molar-refractivity contribution in [2.75, 3.05) is 6.54 Å². The Morgan fingerprint density at radius 3 is 1.19 bits per heavy atom. The van der Waals surface area contributed by atoms with Crippen LogP contribution in [0.2, 0.25) is 0 Å². The Balaban J connectivity index is -0.0000000933. The Labute approximate surface area is 197 Å². The van der Waals surface area contributed by atoms with E-state index < -0.39 is 10.4 Å². The molecular weight excluding hydrogens is 323 g/mol. The van der Waals surface area contributed by atoms with Crippen molar-refractivity contribution < 1.29 is 106 Å². The van der Waals surface area contributed by atoms with Crippen molar-refractivity contribution in [1.29, 1.82) is 0 Å². The molecule has 9 heteroatoms. The van der Waals surface area contributed by atoms with Gasteiger partial charge in [0.1, 0.15) is 0 Å². The molecule has 0 aromatic heterocycles. The Morgan fingerprint density at radius 1 is 0.714 bits per heavy atom. The summed E-state index contributed by atoms with van der Waals surface area (Å²) in [4.78, 5) is 0. The molecule has 0 atom stereocenters. The molecule has 0 saturated carbocycles. The van der Waals surface area contributed by atoms with Crippen molar-refractivity contribution in [1.82, 2.24) is 0 Å². The smallest absolute Gasteiger partial charge is 0.759 e. The van der Waals surface area contributed by atoms with E-state index in [1.165, 1.54) is 57.8 Å². The van der Waals surface area contributed by atoms with Gasteiger partial charge in [-0.25, -0.2) is 0 Å². The number of unbranched alkanes of at least 4 members (excludes halogenated alkanes) is 9. The zero-order chi connectivity index (χ0) is 14.3. The van der Waals surface area contributed by atoms with Crippen LogP contribution in [-0.2, 0) is 10.4 Å². The molecule has 1 N–H and O–H groups in total. The van der Waals surface area contributed by atoms with Crippen molar-refractivity contribution in [2.45, 2.75) is 71.1 Å². The number of hydrogen-bond donors (Lipinski definition) is 0. The van der Waals surface area contributed by atoms with E-state index in [1.807, 2.05) is 0 Å². The summed E-state index contributed by atoms with van der Waals surface area (Å²) in [7, 11) is -5.17. The summed E-state index contributed by atoms with van der Waals surface area (Å²) in [5.74, 6) is 0. The SMILES string of the molecule is CCCCCCCCCCCC[NH-].O=S(=O)([O-])[O-].[Na+].[Na+].[Na+]. The number of rotatable bonds is 10. The Morgan fingerprint density at radius 2 is 0.952 bits per heavy atom. The molecule has 112 valence electrons. The van der Waals surface area contributed by atoms with Gasteiger partial charge in [0.25, 0.3) is 0 Å². The van der Waals surface area contributed by atoms with Gasteiger partial charge in [0.2, 0.25) is 0 Å². The van der Waals surface area contributed by atoms with Crippen molar-refractivity contribution in [3.63, 3.8) is 0 Å². The third kappa shape index (κ3) is 60.2. The summed E-state index contributed by atoms with van der Waals surface area (Å²) < 4.78 is 34.1. The summed E-state index contributed by atoms with van der Waals surface area (Å²) in [6.07, 6.45) is 13.6. The quantitative estimate of drug-likeness (QED) is 0.170. The van der Waals surface area contributed by atoms with Crippen LogP contribution in [0.3, 0.4) is 0 Å². The summed E-state index contributed by atoms with van der Waals surface area (Å²) in [6.45, 7) is 2.89. The first-order valence-corrected chi connectivity index (χ1v) is 8.06. The van der Waals surface area contributed by atoms with Gasteiger partial charge in [-0.3, -0.25) is 8.42 Å². The number of hydrogen-bond acceptors (Lipinski definition) is 4. The maximum absolute atomic E-state index is 8.52. The molecule has 0 radical (unpaired) electrons. The van der Waals surface area contributed by atoms with Gasteiger partial charge in [0.05, 0.1) is 0 Å². The Bertz CT molecular complexity index is 237. The van der Waals surface area contributed by atoms with Crippen LogP contribution < -0.4 is 88.7 Å². The minimum absolute atomic E-state index is 0. The second kappa shape index (κ2) is 27.7. The van der Waals surface area contributed by atoms with Crippen LogP contribution in [0.4, 0.5) is 0 Å². The summed E-state index contributed by atoms with van der Waals surface area (Å²) in [5.41, 5.74) is 7.00. The minimum Gasteiger partial charge on any atom is -0.759 e. The van der Waals surface area contributed by atoms with Crippen LogP contribution in [0.1, 0.15) is 71.1 Å². The molecule has 0 fully saturated rings. The van der Waals surface area contributed by atoms with Crippen LogP contribution in [0.25, 0.3) is 5.73 Å². The van der Waals surface area contributed by atoms with Gasteiger partial charge in [0.15, 0.2) is 0 Å². The van der Waals surface area contributed by atoms with Gasteiger partial charge in [-0.1, -0.05) is 71.1 Å². The fourth-order valence-corrected chi connectivity index (χ4v) is 1.61. The average molecular weight is 349 g/mol. The van der Waals surface area contributed by atoms with Gasteiger partial charge >= 0.3 is 88.7 Å². The van der Waals surface area contributed by atoms with E-state index in [9.17, 15) is 0 Å². The Hall–Kier alpha value is 2.83. The third-order valence-electron chi connectivity index (χ3n) is 2.53. The first-order chi connectivity index (χ1) is 8.41. The van der Waals surface area contributed by atoms with E-state index in [0.717, 1.165) is 6.42 Å². The van der Waals surface area contributed by atoms with E-state index in [1.54, 1.807) is 0 Å². The van der Waals surface area contributed by atoms with Gasteiger partial charge < -0.3 is 14.8 Å². The normalized spacial score (nSPS) is 9.33. The molecule has 0 unspecified atom stereocenters. The standard InChI is InChI=1S/C12H26N.3Na.H2O4S/c1-2-3-4-5-6-7-8-9-10-11-12-13;;;;1-5(2,3)4/h13H,2-12H2,1H3;;;;(H2,1,2,3,4)/q-1;3*+1;/p-2. The van der Waals surface area contributed by atoms with E-state index >= 15 is 0 Å². The first kappa shape index (κ1) is 35.0. The maximum atomic E-state index is 8.52. The molecule has 0 aliphatic rings. The first-order valence-electron chi connectivity index (χ1n) is 6.73. The predicted molar refractivity (Wildman–Crippen MR) is 71.5 cm³/mol. The van der Waals surface area contributed by atoms with Crippen molar-refractivity contribution in [3.8, 4) is 0 Å². The summed E-state index contributed by atoms with van der Waals surface area (Å²) in [6, 6.07) is 0. The molecule has 21 heavy (non-hydrogen) atoms. The largest absolute Gasteiger partial charge is 1.00 e. The molecule has 0 spiro atoms. The van der Waals surface area contributed by atoms with Gasteiger partial charge in [0, 0.05) is 10.4 Å². The van der Waals surface area contributed by atoms with E-state index in [0.29, 0.717) is 6.54 Å². The maximum Gasteiger partial charge on any atom is 1.00 e. The minimum atomic E-state index is -5.17. The monoisotopic (exact) mass is 349 g/mol. The van der Waals surface area contributed by atoms with Crippen molar-refractivity contribution >= 4 is 10.4 Å². The molecule has 0 aliphatic heterocycles. The molecule has 0 aliphatic carbocycles. The van der Waals surface area contributed by atoms with E-state index in [-0.39, 0.29) is 88.7 Å². The molecular formula is C12H26NNa3O4S. The van der Waals surface area contributed by atoms with Crippen LogP contribution in [0, 0.1) is 0 Å². The van der Waals surface area contributed by atoms with E-state index in [2.05, 4.69) is 6.92 Å². The summed E-state index contributed by atoms with van der Waals surface area (Å²) >= 11 is 0. The predicted octanol–water partition coefficient (Wildman–Crippen LogP) is -5.37. The topological polar surface area (TPSA) is 104 Å². The van der Waals surface area contributed by atoms with Crippen LogP contribution in [0.15, 0.2) is 0 Å². The second-order valence-electron chi connectivity index (χ2n) is 4.34. The van der Waals surface area contributed by atoms with Crippen LogP contribution in [0.5, 0.6) is 0 Å². The van der Waals surface area contributed by atoms with Crippen molar-refractivity contribution in [3.05, 3.63) is 5.73 Å². The van der Waals surface area contributed by atoms with Gasteiger partial charge in [-0.2, -0.15) is 6.54 Å². The van der Waals surface area contributed by atoms with Crippen LogP contribution in [-0.4, -0.2) is 24.1 Å². The molecule has 0 saturated heterocycles. The molecule has 0 rings (SSSR count). The van der Waals surface area contributed by atoms with Crippen molar-refractivity contribution in [2.24, 2.45) is 0 Å². The number of nitrogens with one attached hydrogen (secondary N) is 1. The molecule has 5 nitrogen and oxygen atoms in total. The molecule has 0 heterocycles. The van der Waals surface area contributed by atoms with Gasteiger partial charge in [-0.05, 0) is 0 Å². The van der Waals surface area contributed by atoms with Crippen LogP contribution >= 0.6 is 0 Å². The van der Waals surface area contributed by atoms with Gasteiger partial charge in [-0.15, -0.1) is 0 Å². The zero-order valence-corrected chi connectivity index (χ0v) is 21.1. The third-order valence-corrected chi connectivity index (χ3v) is 2.53. The fraction of sp³-hybridized carbons (Fsp3) is 1.00. The zero-order valence-electron chi connectivity index (χ0n) is 14.3. The molecule has 0 amide bonds. The fourth-order valence-electron chi connectivity index (χ4n) is 1.61. The second-order valence-corrected chi connectivity index (χ2v) is 5.16.